The lowest BCUT2D eigenvalue weighted by Crippen LogP contribution is -2.45. The van der Waals surface area contributed by atoms with E-state index in [1.54, 1.807) is 0 Å². The van der Waals surface area contributed by atoms with E-state index in [0.29, 0.717) is 95.8 Å². The van der Waals surface area contributed by atoms with Gasteiger partial charge in [-0.25, -0.2) is 0 Å². The highest BCUT2D eigenvalue weighted by Crippen LogP contribution is 2.40. The van der Waals surface area contributed by atoms with Crippen molar-refractivity contribution in [2.24, 2.45) is 20.0 Å². The van der Waals surface area contributed by atoms with Crippen molar-refractivity contribution in [3.05, 3.63) is 146 Å². The topological polar surface area (TPSA) is 129 Å². The summed E-state index contributed by atoms with van der Waals surface area (Å²) in [6.07, 6.45) is 0.340. The number of hydrazine groups is 1. The van der Waals surface area contributed by atoms with Crippen LogP contribution in [0.5, 0.6) is 34.5 Å². The monoisotopic (exact) mass is 824 g/mol. The Labute approximate surface area is 359 Å². The highest BCUT2D eigenvalue weighted by Gasteiger charge is 2.38. The van der Waals surface area contributed by atoms with E-state index in [0.717, 1.165) is 11.4 Å². The molecule has 1 saturated carbocycles. The van der Waals surface area contributed by atoms with Gasteiger partial charge < -0.3 is 28.4 Å². The zero-order valence-electron chi connectivity index (χ0n) is 33.8. The van der Waals surface area contributed by atoms with Gasteiger partial charge in [0, 0.05) is 0 Å². The van der Waals surface area contributed by atoms with E-state index in [-0.39, 0.29) is 0 Å². The molecular weight excluding hydrogens is 781 g/mol. The summed E-state index contributed by atoms with van der Waals surface area (Å²) in [5, 5.41) is 0. The summed E-state index contributed by atoms with van der Waals surface area (Å²) < 4.78 is 42.4. The number of nitrogens with zero attached hydrogens (tertiary/aromatic N) is 4. The normalized spacial score (nSPS) is 22.7. The zero-order chi connectivity index (χ0) is 41.5. The Morgan fingerprint density at radius 3 is 0.823 bits per heavy atom. The van der Waals surface area contributed by atoms with Crippen LogP contribution in [-0.4, -0.2) is 48.6 Å². The second kappa shape index (κ2) is 18.0. The van der Waals surface area contributed by atoms with Crippen molar-refractivity contribution in [2.75, 3.05) is 10.9 Å². The first-order chi connectivity index (χ1) is 30.7. The molecule has 2 N–H and O–H groups in total. The Balaban J connectivity index is 1.12. The molecule has 1 aliphatic carbocycles. The minimum atomic E-state index is -0.499. The zero-order valence-corrected chi connectivity index (χ0v) is 33.8. The average molecular weight is 825 g/mol. The Bertz CT molecular complexity index is 2490. The van der Waals surface area contributed by atoms with Crippen molar-refractivity contribution in [1.29, 1.82) is 0 Å². The van der Waals surface area contributed by atoms with E-state index < -0.39 is 36.6 Å². The molecular formula is C50H44N6O6. The number of nitrogens with one attached hydrogen (secondary N) is 2. The van der Waals surface area contributed by atoms with E-state index in [1.807, 2.05) is 146 Å². The van der Waals surface area contributed by atoms with Crippen LogP contribution in [0.1, 0.15) is 38.5 Å². The van der Waals surface area contributed by atoms with Gasteiger partial charge in [0.25, 0.3) is 0 Å². The van der Waals surface area contributed by atoms with E-state index in [9.17, 15) is 0 Å². The fourth-order valence-electron chi connectivity index (χ4n) is 8.23. The van der Waals surface area contributed by atoms with Crippen molar-refractivity contribution >= 4 is 46.1 Å². The van der Waals surface area contributed by atoms with Crippen LogP contribution in [0.3, 0.4) is 0 Å². The third-order valence-corrected chi connectivity index (χ3v) is 11.4. The first kappa shape index (κ1) is 38.7. The maximum Gasteiger partial charge on any atom is 0.146 e. The predicted molar refractivity (Wildman–Crippen MR) is 238 cm³/mol. The number of rotatable bonds is 0. The van der Waals surface area contributed by atoms with Gasteiger partial charge in [-0.05, 0) is 111 Å². The summed E-state index contributed by atoms with van der Waals surface area (Å²) >= 11 is 0. The van der Waals surface area contributed by atoms with Crippen LogP contribution in [0, 0.1) is 0 Å². The molecule has 0 amide bonds. The molecule has 6 unspecified atom stereocenters. The molecule has 6 atom stereocenters. The number of fused-ring (bicyclic) bond motifs is 9. The Morgan fingerprint density at radius 2 is 0.532 bits per heavy atom. The molecule has 0 saturated heterocycles. The van der Waals surface area contributed by atoms with Gasteiger partial charge in [0.15, 0.2) is 0 Å². The molecule has 3 aliphatic heterocycles. The summed E-state index contributed by atoms with van der Waals surface area (Å²) in [5.41, 5.74) is 10.7. The molecule has 3 heterocycles. The fourth-order valence-corrected chi connectivity index (χ4v) is 8.23. The molecule has 6 aromatic carbocycles. The molecule has 0 aromatic heterocycles. The van der Waals surface area contributed by atoms with Crippen LogP contribution < -0.4 is 39.3 Å². The molecule has 62 heavy (non-hydrogen) atoms. The van der Waals surface area contributed by atoms with Gasteiger partial charge in [0.05, 0.1) is 11.4 Å². The van der Waals surface area contributed by atoms with E-state index >= 15 is 0 Å². The molecule has 6 aromatic rings. The minimum Gasteiger partial charge on any atom is -0.484 e. The molecule has 10 rings (SSSR count). The van der Waals surface area contributed by atoms with Gasteiger partial charge in [-0.2, -0.15) is 20.0 Å². The molecule has 12 nitrogen and oxygen atoms in total. The molecule has 12 heteroatoms. The van der Waals surface area contributed by atoms with E-state index in [1.165, 1.54) is 0 Å². The van der Waals surface area contributed by atoms with Crippen molar-refractivity contribution in [1.82, 2.24) is 0 Å². The maximum atomic E-state index is 7.08. The number of anilines is 2. The lowest BCUT2D eigenvalue weighted by molar-refractivity contribution is -0.0190. The standard InChI is InChI=1S/C50H44N6O6/c1-7-19-39-33(13-1)51-31-53-35-15-3-9-21-41(35)59-47-27-29-49-50(62-44-24-12-6-18-38(44)56-55-37-17-5-11-23-43(37)61-49)30-28-48-46(26-25-45(47)57-39)58-40-20-8-2-14-34(40)52-32-54-36-16-4-10-22-42(36)60-48/h1-24,45-50,55-56H,25-30H2. The summed E-state index contributed by atoms with van der Waals surface area (Å²) in [5.74, 6) is 3.74. The van der Waals surface area contributed by atoms with Gasteiger partial charge in [0.1, 0.15) is 106 Å². The SMILES string of the molecule is C1=Nc2ccccc2OC2CCC3Oc4ccccc4N=C=Nc4ccccc4OC3CCC3Oc4ccccc4NNc4ccccc4OC3CCC2Oc2ccccc2N=1. The van der Waals surface area contributed by atoms with Crippen LogP contribution in [0.15, 0.2) is 166 Å². The lowest BCUT2D eigenvalue weighted by Gasteiger charge is -2.37. The number of hydrogen-bond donors (Lipinski definition) is 2. The van der Waals surface area contributed by atoms with Crippen LogP contribution >= 0.6 is 0 Å². The summed E-state index contributed by atoms with van der Waals surface area (Å²) in [6.45, 7) is 0. The summed E-state index contributed by atoms with van der Waals surface area (Å²) in [4.78, 5) is 18.4. The Morgan fingerprint density at radius 1 is 0.306 bits per heavy atom. The van der Waals surface area contributed by atoms with E-state index in [4.69, 9.17) is 28.4 Å². The summed E-state index contributed by atoms with van der Waals surface area (Å²) in [6, 6.07) is 52.3. The maximum absolute atomic E-state index is 7.08. The van der Waals surface area contributed by atoms with Crippen LogP contribution in [0.25, 0.3) is 0 Å². The first-order valence-electron chi connectivity index (χ1n) is 21.1. The van der Waals surface area contributed by atoms with Crippen LogP contribution in [0.2, 0.25) is 0 Å². The molecule has 0 spiro atoms. The molecule has 0 radical (unpaired) electrons. The third kappa shape index (κ3) is 8.69. The van der Waals surface area contributed by atoms with Crippen LogP contribution in [-0.2, 0) is 0 Å². The second-order valence-corrected chi connectivity index (χ2v) is 15.4. The van der Waals surface area contributed by atoms with Crippen LogP contribution in [0.4, 0.5) is 34.1 Å². The number of hydrogen-bond acceptors (Lipinski definition) is 12. The van der Waals surface area contributed by atoms with Gasteiger partial charge in [-0.1, -0.05) is 72.8 Å². The number of benzene rings is 6. The van der Waals surface area contributed by atoms with Gasteiger partial charge in [-0.3, -0.25) is 10.9 Å². The number of aliphatic imine (C=N–C) groups is 4. The van der Waals surface area contributed by atoms with E-state index in [2.05, 4.69) is 42.8 Å². The van der Waals surface area contributed by atoms with Gasteiger partial charge in [-0.15, -0.1) is 0 Å². The van der Waals surface area contributed by atoms with Crippen molar-refractivity contribution < 1.29 is 28.4 Å². The number of ether oxygens (including phenoxy) is 6. The van der Waals surface area contributed by atoms with Gasteiger partial charge >= 0.3 is 0 Å². The highest BCUT2D eigenvalue weighted by molar-refractivity contribution is 5.67. The van der Waals surface area contributed by atoms with Crippen molar-refractivity contribution in [2.45, 2.75) is 75.1 Å². The average Bonchev–Trinajstić information content (AvgIpc) is 3.35. The molecule has 310 valence electrons. The summed E-state index contributed by atoms with van der Waals surface area (Å²) in [7, 11) is 0. The molecule has 0 bridgehead atoms. The third-order valence-electron chi connectivity index (χ3n) is 11.4. The quantitative estimate of drug-likeness (QED) is 0.155. The molecule has 1 fully saturated rings. The van der Waals surface area contributed by atoms with Crippen molar-refractivity contribution in [3.63, 3.8) is 0 Å². The lowest BCUT2D eigenvalue weighted by atomic mass is 9.91. The minimum absolute atomic E-state index is 0.456. The Hall–Kier alpha value is -7.52. The fraction of sp³-hybridized carbons (Fsp3) is 0.240. The smallest absolute Gasteiger partial charge is 0.146 e. The largest absolute Gasteiger partial charge is 0.484 e. The van der Waals surface area contributed by atoms with Crippen molar-refractivity contribution in [3.8, 4) is 34.5 Å². The second-order valence-electron chi connectivity index (χ2n) is 15.4. The first-order valence-corrected chi connectivity index (χ1v) is 21.1. The highest BCUT2D eigenvalue weighted by atomic mass is 16.6. The van der Waals surface area contributed by atoms with Gasteiger partial charge in [0.2, 0.25) is 0 Å². The number of para-hydroxylation sites is 12. The Kier molecular flexibility index (Phi) is 11.2. The predicted octanol–water partition coefficient (Wildman–Crippen LogP) is 11.7. The molecule has 4 aliphatic rings.